The summed E-state index contributed by atoms with van der Waals surface area (Å²) >= 11 is 4.58. The van der Waals surface area contributed by atoms with E-state index in [0.717, 1.165) is 21.4 Å². The minimum Gasteiger partial charge on any atom is -0.485 e. The van der Waals surface area contributed by atoms with E-state index in [2.05, 4.69) is 26.0 Å². The van der Waals surface area contributed by atoms with Gasteiger partial charge in [0.15, 0.2) is 23.4 Å². The lowest BCUT2D eigenvalue weighted by molar-refractivity contribution is -0.113. The van der Waals surface area contributed by atoms with Gasteiger partial charge in [0.25, 0.3) is 11.5 Å². The van der Waals surface area contributed by atoms with Crippen LogP contribution in [0, 0.1) is 5.82 Å². The third kappa shape index (κ3) is 3.69. The largest absolute Gasteiger partial charge is 0.485 e. The molecule has 0 radical (unpaired) electrons. The van der Waals surface area contributed by atoms with Crippen LogP contribution in [0.3, 0.4) is 0 Å². The molecule has 2 aromatic heterocycles. The van der Waals surface area contributed by atoms with Gasteiger partial charge in [0.05, 0.1) is 17.8 Å². The Kier molecular flexibility index (Phi) is 5.31. The van der Waals surface area contributed by atoms with Crippen LogP contribution in [0.15, 0.2) is 76.0 Å². The van der Waals surface area contributed by atoms with Crippen molar-refractivity contribution in [1.29, 1.82) is 0 Å². The Balaban J connectivity index is 1.30. The van der Waals surface area contributed by atoms with Crippen molar-refractivity contribution < 1.29 is 18.7 Å². The molecule has 0 aliphatic carbocycles. The van der Waals surface area contributed by atoms with Crippen molar-refractivity contribution >= 4 is 49.4 Å². The zero-order valence-electron chi connectivity index (χ0n) is 19.4. The summed E-state index contributed by atoms with van der Waals surface area (Å²) < 4.78 is 27.4. The number of benzene rings is 3. The Labute approximate surface area is 226 Å². The number of anilines is 1. The highest BCUT2D eigenvalue weighted by atomic mass is 79.9. The first-order valence-electron chi connectivity index (χ1n) is 11.6. The number of nitrogens with zero attached hydrogens (tertiary/aromatic N) is 4. The van der Waals surface area contributed by atoms with Crippen LogP contribution in [0.25, 0.3) is 10.5 Å². The van der Waals surface area contributed by atoms with Gasteiger partial charge >= 0.3 is 0 Å². The third-order valence-corrected chi connectivity index (χ3v) is 7.95. The predicted molar refractivity (Wildman–Crippen MR) is 142 cm³/mol. The molecule has 1 atom stereocenters. The van der Waals surface area contributed by atoms with Crippen molar-refractivity contribution in [2.75, 3.05) is 11.5 Å². The second-order valence-corrected chi connectivity index (χ2v) is 10.7. The van der Waals surface area contributed by atoms with Gasteiger partial charge in [0.1, 0.15) is 17.0 Å². The quantitative estimate of drug-likeness (QED) is 0.315. The van der Waals surface area contributed by atoms with Crippen molar-refractivity contribution in [2.24, 2.45) is 0 Å². The molecule has 5 aromatic rings. The second kappa shape index (κ2) is 8.74. The maximum absolute atomic E-state index is 13.7. The summed E-state index contributed by atoms with van der Waals surface area (Å²) in [5.74, 6) is 0.892. The van der Waals surface area contributed by atoms with Crippen molar-refractivity contribution in [3.05, 3.63) is 109 Å². The number of hydrogen-bond acceptors (Lipinski definition) is 7. The van der Waals surface area contributed by atoms with Crippen LogP contribution in [0.4, 0.5) is 10.1 Å². The zero-order chi connectivity index (χ0) is 26.0. The van der Waals surface area contributed by atoms with Crippen LogP contribution in [0.1, 0.15) is 23.1 Å². The molecule has 4 heterocycles. The number of halogens is 2. The second-order valence-electron chi connectivity index (χ2n) is 8.82. The van der Waals surface area contributed by atoms with Crippen molar-refractivity contribution in [3.8, 4) is 11.5 Å². The molecule has 7 rings (SSSR count). The molecule has 2 aliphatic rings. The molecule has 38 heavy (non-hydrogen) atoms. The van der Waals surface area contributed by atoms with Crippen LogP contribution < -0.4 is 24.5 Å². The monoisotopic (exact) mass is 590 g/mol. The normalized spacial score (nSPS) is 17.8. The van der Waals surface area contributed by atoms with Gasteiger partial charge in [-0.2, -0.15) is 9.50 Å². The number of aromatic nitrogens is 3. The van der Waals surface area contributed by atoms with E-state index >= 15 is 0 Å². The van der Waals surface area contributed by atoms with E-state index in [1.165, 1.54) is 16.6 Å². The Hall–Kier alpha value is -4.09. The number of amides is 1. The first-order chi connectivity index (χ1) is 18.5. The topological polar surface area (TPSA) is 86.0 Å². The highest BCUT2D eigenvalue weighted by molar-refractivity contribution is 9.10. The number of thiazole rings is 1. The Morgan fingerprint density at radius 3 is 2.63 bits per heavy atom. The molecular formula is C27H16BrFN4O4S. The minimum absolute atomic E-state index is 0.214. The molecule has 0 saturated carbocycles. The SMILES string of the molecule is O=C1/C(=c2\sc3nc(C4COc5ccccc5O4)nn3c2=O)c2cc(Br)ccc2N1Cc1ccc(F)cc1. The van der Waals surface area contributed by atoms with Crippen molar-refractivity contribution in [1.82, 2.24) is 14.6 Å². The van der Waals surface area contributed by atoms with E-state index in [4.69, 9.17) is 9.47 Å². The molecule has 0 saturated heterocycles. The lowest BCUT2D eigenvalue weighted by Gasteiger charge is -2.24. The average molecular weight is 591 g/mol. The van der Waals surface area contributed by atoms with Crippen LogP contribution in [-0.4, -0.2) is 27.1 Å². The average Bonchev–Trinajstić information content (AvgIpc) is 3.55. The van der Waals surface area contributed by atoms with Gasteiger partial charge in [-0.05, 0) is 48.0 Å². The zero-order valence-corrected chi connectivity index (χ0v) is 21.8. The summed E-state index contributed by atoms with van der Waals surface area (Å²) in [7, 11) is 0. The number of carbonyl (C=O) groups is 1. The highest BCUT2D eigenvalue weighted by Crippen LogP contribution is 2.38. The lowest BCUT2D eigenvalue weighted by Crippen LogP contribution is -2.32. The van der Waals surface area contributed by atoms with Gasteiger partial charge in [-0.25, -0.2) is 4.39 Å². The van der Waals surface area contributed by atoms with E-state index in [9.17, 15) is 14.0 Å². The molecule has 0 spiro atoms. The molecule has 0 fully saturated rings. The number of para-hydroxylation sites is 2. The third-order valence-electron chi connectivity index (χ3n) is 6.43. The summed E-state index contributed by atoms with van der Waals surface area (Å²) in [5, 5.41) is 4.41. The smallest absolute Gasteiger partial charge is 0.291 e. The number of rotatable bonds is 3. The molecule has 11 heteroatoms. The fraction of sp³-hybridized carbons (Fsp3) is 0.111. The van der Waals surface area contributed by atoms with E-state index in [-0.39, 0.29) is 29.4 Å². The summed E-state index contributed by atoms with van der Waals surface area (Å²) in [4.78, 5) is 33.7. The van der Waals surface area contributed by atoms with Crippen LogP contribution >= 0.6 is 27.3 Å². The molecule has 2 aliphatic heterocycles. The molecule has 0 bridgehead atoms. The Morgan fingerprint density at radius 1 is 1.05 bits per heavy atom. The Morgan fingerprint density at radius 2 is 1.84 bits per heavy atom. The predicted octanol–water partition coefficient (Wildman–Crippen LogP) is 4.03. The van der Waals surface area contributed by atoms with E-state index < -0.39 is 11.7 Å². The fourth-order valence-electron chi connectivity index (χ4n) is 4.64. The maximum atomic E-state index is 13.7. The number of fused-ring (bicyclic) bond motifs is 3. The molecule has 0 N–H and O–H groups in total. The van der Waals surface area contributed by atoms with Crippen LogP contribution in [0.2, 0.25) is 0 Å². The molecule has 8 nitrogen and oxygen atoms in total. The van der Waals surface area contributed by atoms with E-state index in [0.29, 0.717) is 39.1 Å². The summed E-state index contributed by atoms with van der Waals surface area (Å²) in [6.45, 7) is 0.447. The van der Waals surface area contributed by atoms with Crippen LogP contribution in [-0.2, 0) is 11.3 Å². The molecular weight excluding hydrogens is 575 g/mol. The standard InChI is InChI=1S/C27H16BrFN4O4S/c28-15-7-10-18-17(11-15)22(25(34)32(18)12-14-5-8-16(29)9-6-14)23-26(35)33-27(38-23)30-24(31-33)21-13-36-19-3-1-2-4-20(19)37-21/h1-11,21H,12-13H2/b23-22-. The fourth-order valence-corrected chi connectivity index (χ4v) is 6.00. The van der Waals surface area contributed by atoms with Gasteiger partial charge in [-0.1, -0.05) is 51.5 Å². The molecule has 188 valence electrons. The van der Waals surface area contributed by atoms with E-state index in [1.807, 2.05) is 36.4 Å². The summed E-state index contributed by atoms with van der Waals surface area (Å²) in [6, 6.07) is 18.8. The minimum atomic E-state index is -0.566. The Bertz CT molecular complexity index is 1870. The van der Waals surface area contributed by atoms with Crippen LogP contribution in [0.5, 0.6) is 11.5 Å². The first-order valence-corrected chi connectivity index (χ1v) is 13.3. The summed E-state index contributed by atoms with van der Waals surface area (Å²) in [5.41, 5.74) is 1.93. The number of carbonyl (C=O) groups excluding carboxylic acids is 1. The molecule has 1 unspecified atom stereocenters. The highest BCUT2D eigenvalue weighted by Gasteiger charge is 2.35. The lowest BCUT2D eigenvalue weighted by atomic mass is 10.1. The van der Waals surface area contributed by atoms with Gasteiger partial charge in [0.2, 0.25) is 4.96 Å². The number of ether oxygens (including phenoxy) is 2. The molecule has 3 aromatic carbocycles. The van der Waals surface area contributed by atoms with Crippen molar-refractivity contribution in [3.63, 3.8) is 0 Å². The summed E-state index contributed by atoms with van der Waals surface area (Å²) in [6.07, 6.45) is -0.566. The maximum Gasteiger partial charge on any atom is 0.291 e. The van der Waals surface area contributed by atoms with E-state index in [1.54, 1.807) is 23.1 Å². The number of hydrogen-bond donors (Lipinski definition) is 0. The van der Waals surface area contributed by atoms with Gasteiger partial charge in [0, 0.05) is 10.0 Å². The van der Waals surface area contributed by atoms with Gasteiger partial charge in [-0.3, -0.25) is 9.59 Å². The van der Waals surface area contributed by atoms with Gasteiger partial charge in [-0.15, -0.1) is 5.10 Å². The first kappa shape index (κ1) is 23.1. The molecule has 1 amide bonds. The van der Waals surface area contributed by atoms with Crippen molar-refractivity contribution in [2.45, 2.75) is 12.6 Å². The van der Waals surface area contributed by atoms with Gasteiger partial charge < -0.3 is 14.4 Å².